The Labute approximate surface area is 135 Å². The van der Waals surface area contributed by atoms with Gasteiger partial charge in [-0.3, -0.25) is 0 Å². The van der Waals surface area contributed by atoms with Gasteiger partial charge in [0.25, 0.3) is 0 Å². The molecule has 1 atom stereocenters. The zero-order valence-corrected chi connectivity index (χ0v) is 14.3. The molecule has 1 heterocycles. The van der Waals surface area contributed by atoms with Crippen molar-refractivity contribution in [3.05, 3.63) is 18.2 Å². The third-order valence-electron chi connectivity index (χ3n) is 4.14. The van der Waals surface area contributed by atoms with Gasteiger partial charge in [-0.25, -0.2) is 4.21 Å². The molecule has 1 aliphatic heterocycles. The van der Waals surface area contributed by atoms with Crippen molar-refractivity contribution in [2.75, 3.05) is 7.11 Å². The van der Waals surface area contributed by atoms with Crippen LogP contribution in [-0.4, -0.2) is 35.1 Å². The number of hydrogen-bond acceptors (Lipinski definition) is 4. The molecule has 128 valence electrons. The molecular weight excluding hydrogens is 332 g/mol. The summed E-state index contributed by atoms with van der Waals surface area (Å²) in [5, 5.41) is 0. The van der Waals surface area contributed by atoms with Crippen molar-refractivity contribution in [3.63, 3.8) is 0 Å². The molecule has 0 aliphatic carbocycles. The van der Waals surface area contributed by atoms with E-state index >= 15 is 0 Å². The first kappa shape index (κ1) is 18.3. The van der Waals surface area contributed by atoms with Crippen LogP contribution in [-0.2, 0) is 20.1 Å². The molecule has 1 aromatic rings. The van der Waals surface area contributed by atoms with Crippen molar-refractivity contribution in [2.45, 2.75) is 49.3 Å². The maximum absolute atomic E-state index is 12.6. The van der Waals surface area contributed by atoms with Crippen LogP contribution in [0.4, 0.5) is 13.2 Å². The molecule has 4 nitrogen and oxygen atoms in total. The fourth-order valence-corrected chi connectivity index (χ4v) is 2.78. The Morgan fingerprint density at radius 3 is 2.09 bits per heavy atom. The molecular formula is C14H18BF3O4S. The molecule has 1 aliphatic rings. The molecule has 0 aromatic heterocycles. The van der Waals surface area contributed by atoms with E-state index in [1.54, 1.807) is 0 Å². The van der Waals surface area contributed by atoms with Crippen LogP contribution >= 0.6 is 0 Å². The third kappa shape index (κ3) is 3.41. The molecule has 1 unspecified atom stereocenters. The summed E-state index contributed by atoms with van der Waals surface area (Å²) in [7, 11) is -2.57. The van der Waals surface area contributed by atoms with Gasteiger partial charge in [0.2, 0.25) is 0 Å². The molecule has 1 saturated heterocycles. The number of hydrogen-bond donors (Lipinski definition) is 0. The minimum atomic E-state index is -4.82. The lowest BCUT2D eigenvalue weighted by Crippen LogP contribution is -2.41. The van der Waals surface area contributed by atoms with Gasteiger partial charge < -0.3 is 14.0 Å². The first-order valence-corrected chi connectivity index (χ1v) is 8.06. The van der Waals surface area contributed by atoms with Crippen molar-refractivity contribution in [2.24, 2.45) is 0 Å². The summed E-state index contributed by atoms with van der Waals surface area (Å²) in [5.74, 6) is 0.138. The largest absolute Gasteiger partial charge is 0.498 e. The van der Waals surface area contributed by atoms with Gasteiger partial charge in [-0.1, -0.05) is 6.07 Å². The highest BCUT2D eigenvalue weighted by molar-refractivity contribution is 7.86. The van der Waals surface area contributed by atoms with E-state index < -0.39 is 34.6 Å². The summed E-state index contributed by atoms with van der Waals surface area (Å²) in [6, 6.07) is 3.64. The summed E-state index contributed by atoms with van der Waals surface area (Å²) in [5.41, 5.74) is -5.54. The zero-order chi connectivity index (χ0) is 17.6. The van der Waals surface area contributed by atoms with Crippen molar-refractivity contribution in [1.82, 2.24) is 0 Å². The van der Waals surface area contributed by atoms with E-state index in [1.807, 2.05) is 27.7 Å². The van der Waals surface area contributed by atoms with Crippen molar-refractivity contribution >= 4 is 23.4 Å². The van der Waals surface area contributed by atoms with Gasteiger partial charge in [0.1, 0.15) is 5.75 Å². The van der Waals surface area contributed by atoms with E-state index in [0.29, 0.717) is 5.46 Å². The van der Waals surface area contributed by atoms with Gasteiger partial charge >= 0.3 is 12.6 Å². The number of benzene rings is 1. The van der Waals surface area contributed by atoms with Crippen LogP contribution in [0.1, 0.15) is 27.7 Å². The second kappa shape index (κ2) is 5.79. The van der Waals surface area contributed by atoms with E-state index in [9.17, 15) is 17.4 Å². The molecule has 9 heteroatoms. The highest BCUT2D eigenvalue weighted by atomic mass is 32.2. The van der Waals surface area contributed by atoms with Gasteiger partial charge in [0.05, 0.1) is 23.2 Å². The molecule has 0 bridgehead atoms. The average molecular weight is 350 g/mol. The summed E-state index contributed by atoms with van der Waals surface area (Å²) in [6.45, 7) is 7.47. The first-order valence-electron chi connectivity index (χ1n) is 6.91. The molecule has 23 heavy (non-hydrogen) atoms. The maximum atomic E-state index is 12.6. The summed E-state index contributed by atoms with van der Waals surface area (Å²) in [4.78, 5) is -0.380. The lowest BCUT2D eigenvalue weighted by Gasteiger charge is -2.32. The van der Waals surface area contributed by atoms with Gasteiger partial charge in [-0.2, -0.15) is 13.2 Å². The zero-order valence-electron chi connectivity index (χ0n) is 13.5. The van der Waals surface area contributed by atoms with E-state index in [4.69, 9.17) is 14.0 Å². The molecule has 2 rings (SSSR count). The number of alkyl halides is 3. The van der Waals surface area contributed by atoms with Gasteiger partial charge in [0.15, 0.2) is 10.8 Å². The summed E-state index contributed by atoms with van der Waals surface area (Å²) < 4.78 is 66.1. The van der Waals surface area contributed by atoms with Crippen LogP contribution in [0, 0.1) is 0 Å². The topological polar surface area (TPSA) is 44.8 Å². The summed E-state index contributed by atoms with van der Waals surface area (Å²) >= 11 is 0. The van der Waals surface area contributed by atoms with Crippen molar-refractivity contribution < 1.29 is 31.4 Å². The van der Waals surface area contributed by atoms with Crippen LogP contribution in [0.2, 0.25) is 0 Å². The van der Waals surface area contributed by atoms with Gasteiger partial charge in [-0.15, -0.1) is 0 Å². The monoisotopic (exact) mass is 350 g/mol. The predicted molar refractivity (Wildman–Crippen MR) is 81.2 cm³/mol. The maximum Gasteiger partial charge on any atom is 0.498 e. The molecule has 0 saturated carbocycles. The van der Waals surface area contributed by atoms with Crippen molar-refractivity contribution in [3.8, 4) is 5.75 Å². The lowest BCUT2D eigenvalue weighted by molar-refractivity contribution is -0.0384. The smallest absolute Gasteiger partial charge is 0.497 e. The average Bonchev–Trinajstić information content (AvgIpc) is 2.64. The van der Waals surface area contributed by atoms with Crippen LogP contribution < -0.4 is 10.2 Å². The number of rotatable bonds is 3. The SMILES string of the molecule is COc1cc(S(=O)C(F)(F)F)ccc1B1OC(C)(C)C(C)(C)O1. The molecule has 1 aromatic carbocycles. The fourth-order valence-electron chi connectivity index (χ4n) is 2.11. The standard InChI is InChI=1S/C14H18BF3O4S/c1-12(2)13(3,4)22-15(21-12)10-7-6-9(8-11(10)20-5)23(19)14(16,17)18/h6-8H,1-5H3. The van der Waals surface area contributed by atoms with E-state index in [1.165, 1.54) is 13.2 Å². The number of ether oxygens (including phenoxy) is 1. The molecule has 1 fully saturated rings. The predicted octanol–water partition coefficient (Wildman–Crippen LogP) is 2.62. The lowest BCUT2D eigenvalue weighted by atomic mass is 9.78. The molecule has 0 spiro atoms. The Hall–Kier alpha value is -1.06. The Morgan fingerprint density at radius 1 is 1.13 bits per heavy atom. The van der Waals surface area contributed by atoms with Crippen LogP contribution in [0.25, 0.3) is 0 Å². The second-order valence-corrected chi connectivity index (χ2v) is 7.68. The highest BCUT2D eigenvalue weighted by Crippen LogP contribution is 2.37. The third-order valence-corrected chi connectivity index (χ3v) is 5.24. The second-order valence-electron chi connectivity index (χ2n) is 6.21. The summed E-state index contributed by atoms with van der Waals surface area (Å²) in [6.07, 6.45) is 0. The Balaban J connectivity index is 2.37. The van der Waals surface area contributed by atoms with Gasteiger partial charge in [-0.05, 0) is 39.8 Å². The fraction of sp³-hybridized carbons (Fsp3) is 0.571. The Bertz CT molecular complexity index is 615. The van der Waals surface area contributed by atoms with E-state index in [0.717, 1.165) is 12.1 Å². The van der Waals surface area contributed by atoms with Crippen molar-refractivity contribution in [1.29, 1.82) is 0 Å². The molecule has 0 N–H and O–H groups in total. The van der Waals surface area contributed by atoms with Crippen LogP contribution in [0.3, 0.4) is 0 Å². The van der Waals surface area contributed by atoms with E-state index in [-0.39, 0.29) is 10.6 Å². The highest BCUT2D eigenvalue weighted by Gasteiger charge is 2.52. The van der Waals surface area contributed by atoms with Crippen LogP contribution in [0.15, 0.2) is 23.1 Å². The van der Waals surface area contributed by atoms with Gasteiger partial charge in [0, 0.05) is 5.46 Å². The minimum Gasteiger partial charge on any atom is -0.497 e. The normalized spacial score (nSPS) is 21.3. The molecule has 0 radical (unpaired) electrons. The molecule has 0 amide bonds. The van der Waals surface area contributed by atoms with E-state index in [2.05, 4.69) is 0 Å². The Kier molecular flexibility index (Phi) is 4.60. The first-order chi connectivity index (χ1) is 10.4. The number of methoxy groups -OCH3 is 1. The quantitative estimate of drug-likeness (QED) is 0.787. The minimum absolute atomic E-state index is 0.138. The Morgan fingerprint density at radius 2 is 1.65 bits per heavy atom. The van der Waals surface area contributed by atoms with Crippen LogP contribution in [0.5, 0.6) is 5.75 Å². The number of halogens is 3.